The average Bonchev–Trinajstić information content (AvgIpc) is 3.33. The Balaban J connectivity index is 1.29. The summed E-state index contributed by atoms with van der Waals surface area (Å²) >= 11 is 5.85. The molecular weight excluding hydrogens is 436 g/mol. The minimum atomic E-state index is -3.57. The third-order valence-corrected chi connectivity index (χ3v) is 7.61. The second-order valence-corrected chi connectivity index (χ2v) is 9.84. The smallest absolute Gasteiger partial charge is 0.243 e. The highest BCUT2D eigenvalue weighted by atomic mass is 35.5. The summed E-state index contributed by atoms with van der Waals surface area (Å²) in [6.45, 7) is 1.07. The molecule has 0 radical (unpaired) electrons. The number of hydrogen-bond donors (Lipinski definition) is 1. The standard InChI is InChI=1S/C22H23ClN4O3S/c23-19-4-8-21(9-5-19)31(29,30)26-14-10-18(11-15-26)22(28)24-16-17-2-6-20(7-3-17)27-13-1-12-25-27/h1-9,12-13,18H,10-11,14-16H2,(H,24,28). The lowest BCUT2D eigenvalue weighted by Gasteiger charge is -2.30. The van der Waals surface area contributed by atoms with Crippen LogP contribution in [0.3, 0.4) is 0 Å². The average molecular weight is 459 g/mol. The lowest BCUT2D eigenvalue weighted by Crippen LogP contribution is -2.42. The molecule has 7 nitrogen and oxygen atoms in total. The Labute approximate surface area is 186 Å². The quantitative estimate of drug-likeness (QED) is 0.614. The van der Waals surface area contributed by atoms with Crippen LogP contribution in [0.2, 0.25) is 5.02 Å². The minimum Gasteiger partial charge on any atom is -0.352 e. The van der Waals surface area contributed by atoms with E-state index < -0.39 is 10.0 Å². The lowest BCUT2D eigenvalue weighted by atomic mass is 9.97. The van der Waals surface area contributed by atoms with Gasteiger partial charge in [-0.2, -0.15) is 9.40 Å². The number of aromatic nitrogens is 2. The first-order chi connectivity index (χ1) is 14.9. The van der Waals surface area contributed by atoms with Gasteiger partial charge in [0.25, 0.3) is 0 Å². The van der Waals surface area contributed by atoms with Crippen molar-refractivity contribution in [3.8, 4) is 5.69 Å². The Morgan fingerprint density at radius 2 is 1.74 bits per heavy atom. The highest BCUT2D eigenvalue weighted by molar-refractivity contribution is 7.89. The second-order valence-electron chi connectivity index (χ2n) is 7.47. The number of halogens is 1. The molecule has 9 heteroatoms. The maximum Gasteiger partial charge on any atom is 0.243 e. The fourth-order valence-electron chi connectivity index (χ4n) is 3.64. The zero-order chi connectivity index (χ0) is 21.8. The fraction of sp³-hybridized carbons (Fsp3) is 0.273. The molecule has 1 aromatic heterocycles. The predicted molar refractivity (Wildman–Crippen MR) is 118 cm³/mol. The molecule has 0 spiro atoms. The number of carbonyl (C=O) groups is 1. The summed E-state index contributed by atoms with van der Waals surface area (Å²) in [5.74, 6) is -0.236. The van der Waals surface area contributed by atoms with Crippen LogP contribution in [-0.4, -0.2) is 41.5 Å². The Bertz CT molecular complexity index is 1120. The SMILES string of the molecule is O=C(NCc1ccc(-n2cccn2)cc1)C1CCN(S(=O)(=O)c2ccc(Cl)cc2)CC1. The van der Waals surface area contributed by atoms with Gasteiger partial charge in [-0.15, -0.1) is 0 Å². The van der Waals surface area contributed by atoms with Gasteiger partial charge in [0, 0.05) is 43.0 Å². The van der Waals surface area contributed by atoms with E-state index in [1.807, 2.05) is 36.5 Å². The van der Waals surface area contributed by atoms with E-state index in [0.29, 0.717) is 37.5 Å². The molecule has 1 saturated heterocycles. The number of benzene rings is 2. The van der Waals surface area contributed by atoms with Crippen LogP contribution in [0.15, 0.2) is 71.9 Å². The molecule has 1 N–H and O–H groups in total. The van der Waals surface area contributed by atoms with Crippen LogP contribution in [0.1, 0.15) is 18.4 Å². The Morgan fingerprint density at radius 1 is 1.06 bits per heavy atom. The van der Waals surface area contributed by atoms with Crippen molar-refractivity contribution in [2.24, 2.45) is 5.92 Å². The van der Waals surface area contributed by atoms with Crippen LogP contribution in [-0.2, 0) is 21.4 Å². The van der Waals surface area contributed by atoms with Crippen LogP contribution >= 0.6 is 11.6 Å². The topological polar surface area (TPSA) is 84.3 Å². The summed E-state index contributed by atoms with van der Waals surface area (Å²) in [5, 5.41) is 7.65. The zero-order valence-corrected chi connectivity index (χ0v) is 18.4. The van der Waals surface area contributed by atoms with E-state index in [1.165, 1.54) is 16.4 Å². The van der Waals surface area contributed by atoms with E-state index in [2.05, 4.69) is 10.4 Å². The van der Waals surface area contributed by atoms with E-state index in [9.17, 15) is 13.2 Å². The van der Waals surface area contributed by atoms with Gasteiger partial charge >= 0.3 is 0 Å². The van der Waals surface area contributed by atoms with E-state index in [-0.39, 0.29) is 16.7 Å². The number of sulfonamides is 1. The van der Waals surface area contributed by atoms with Crippen molar-refractivity contribution in [2.45, 2.75) is 24.3 Å². The number of rotatable bonds is 6. The first-order valence-electron chi connectivity index (χ1n) is 10.1. The maximum absolute atomic E-state index is 12.8. The van der Waals surface area contributed by atoms with Crippen molar-refractivity contribution >= 4 is 27.5 Å². The summed E-state index contributed by atoms with van der Waals surface area (Å²) < 4.78 is 28.8. The maximum atomic E-state index is 12.8. The van der Waals surface area contributed by atoms with Gasteiger partial charge in [-0.1, -0.05) is 23.7 Å². The molecule has 1 aliphatic heterocycles. The van der Waals surface area contributed by atoms with E-state index in [4.69, 9.17) is 11.6 Å². The number of nitrogens with zero attached hydrogens (tertiary/aromatic N) is 3. The lowest BCUT2D eigenvalue weighted by molar-refractivity contribution is -0.126. The summed E-state index contributed by atoms with van der Waals surface area (Å²) in [7, 11) is -3.57. The molecule has 0 unspecified atom stereocenters. The highest BCUT2D eigenvalue weighted by Gasteiger charge is 2.31. The molecular formula is C22H23ClN4O3S. The summed E-state index contributed by atoms with van der Waals surface area (Å²) in [5.41, 5.74) is 1.95. The van der Waals surface area contributed by atoms with Crippen LogP contribution in [0.25, 0.3) is 5.69 Å². The predicted octanol–water partition coefficient (Wildman–Crippen LogP) is 3.24. The van der Waals surface area contributed by atoms with Gasteiger partial charge in [-0.25, -0.2) is 13.1 Å². The summed E-state index contributed by atoms with van der Waals surface area (Å²) in [6, 6.07) is 15.8. The van der Waals surface area contributed by atoms with Gasteiger partial charge < -0.3 is 5.32 Å². The molecule has 1 amide bonds. The van der Waals surface area contributed by atoms with Gasteiger partial charge in [0.1, 0.15) is 0 Å². The van der Waals surface area contributed by atoms with E-state index in [0.717, 1.165) is 11.3 Å². The molecule has 31 heavy (non-hydrogen) atoms. The van der Waals surface area contributed by atoms with E-state index >= 15 is 0 Å². The second kappa shape index (κ2) is 9.21. The van der Waals surface area contributed by atoms with Crippen molar-refractivity contribution in [1.82, 2.24) is 19.4 Å². The normalized spacial score (nSPS) is 15.6. The molecule has 0 atom stereocenters. The van der Waals surface area contributed by atoms with Gasteiger partial charge in [0.15, 0.2) is 0 Å². The Kier molecular flexibility index (Phi) is 6.41. The first-order valence-corrected chi connectivity index (χ1v) is 11.9. The first kappa shape index (κ1) is 21.5. The summed E-state index contributed by atoms with van der Waals surface area (Å²) in [6.07, 6.45) is 4.59. The van der Waals surface area contributed by atoms with Crippen LogP contribution in [0, 0.1) is 5.92 Å². The monoisotopic (exact) mass is 458 g/mol. The van der Waals surface area contributed by atoms with Gasteiger partial charge in [-0.3, -0.25) is 4.79 Å². The molecule has 2 heterocycles. The van der Waals surface area contributed by atoms with Crippen molar-refractivity contribution in [3.05, 3.63) is 77.6 Å². The van der Waals surface area contributed by atoms with Crippen LogP contribution < -0.4 is 5.32 Å². The van der Waals surface area contributed by atoms with E-state index in [1.54, 1.807) is 23.0 Å². The molecule has 1 fully saturated rings. The molecule has 0 aliphatic carbocycles. The third-order valence-electron chi connectivity index (χ3n) is 5.45. The molecule has 2 aromatic carbocycles. The minimum absolute atomic E-state index is 0.0420. The van der Waals surface area contributed by atoms with Crippen molar-refractivity contribution in [2.75, 3.05) is 13.1 Å². The summed E-state index contributed by atoms with van der Waals surface area (Å²) in [4.78, 5) is 12.8. The number of hydrogen-bond acceptors (Lipinski definition) is 4. The van der Waals surface area contributed by atoms with Gasteiger partial charge in [0.05, 0.1) is 10.6 Å². The van der Waals surface area contributed by atoms with Crippen molar-refractivity contribution in [3.63, 3.8) is 0 Å². The number of piperidine rings is 1. The zero-order valence-electron chi connectivity index (χ0n) is 16.8. The molecule has 4 rings (SSSR count). The Hall–Kier alpha value is -2.68. The van der Waals surface area contributed by atoms with Gasteiger partial charge in [-0.05, 0) is 60.9 Å². The van der Waals surface area contributed by atoms with Gasteiger partial charge in [0.2, 0.25) is 15.9 Å². The third kappa shape index (κ3) is 4.98. The van der Waals surface area contributed by atoms with Crippen molar-refractivity contribution < 1.29 is 13.2 Å². The van der Waals surface area contributed by atoms with Crippen LogP contribution in [0.5, 0.6) is 0 Å². The molecule has 3 aromatic rings. The largest absolute Gasteiger partial charge is 0.352 e. The highest BCUT2D eigenvalue weighted by Crippen LogP contribution is 2.25. The Morgan fingerprint density at radius 3 is 2.35 bits per heavy atom. The molecule has 162 valence electrons. The number of nitrogens with one attached hydrogen (secondary N) is 1. The number of amides is 1. The fourth-order valence-corrected chi connectivity index (χ4v) is 5.23. The molecule has 0 bridgehead atoms. The molecule has 0 saturated carbocycles. The van der Waals surface area contributed by atoms with Crippen molar-refractivity contribution in [1.29, 1.82) is 0 Å². The number of carbonyl (C=O) groups excluding carboxylic acids is 1. The molecule has 1 aliphatic rings. The van der Waals surface area contributed by atoms with Crippen LogP contribution in [0.4, 0.5) is 0 Å².